The number of hydrogen-bond donors (Lipinski definition) is 2. The molecule has 112 valence electrons. The number of anilines is 1. The minimum atomic E-state index is -3.73. The molecule has 0 saturated heterocycles. The zero-order chi connectivity index (χ0) is 15.5. The van der Waals surface area contributed by atoms with E-state index < -0.39 is 10.0 Å². The van der Waals surface area contributed by atoms with E-state index in [1.54, 1.807) is 31.2 Å². The molecule has 2 N–H and O–H groups in total. The summed E-state index contributed by atoms with van der Waals surface area (Å²) >= 11 is 5.94. The minimum Gasteiger partial charge on any atom is -0.316 e. The highest BCUT2D eigenvalue weighted by Crippen LogP contribution is 2.24. The predicted molar refractivity (Wildman–Crippen MR) is 84.0 cm³/mol. The number of hydrogen-bond acceptors (Lipinski definition) is 4. The maximum Gasteiger partial charge on any atom is 0.263 e. The van der Waals surface area contributed by atoms with Crippen molar-refractivity contribution in [3.05, 3.63) is 52.7 Å². The zero-order valence-electron chi connectivity index (χ0n) is 11.7. The molecule has 0 aliphatic heterocycles. The van der Waals surface area contributed by atoms with Gasteiger partial charge >= 0.3 is 0 Å². The summed E-state index contributed by atoms with van der Waals surface area (Å²) in [7, 11) is -1.92. The van der Waals surface area contributed by atoms with Gasteiger partial charge in [-0.05, 0) is 43.3 Å². The number of benzene rings is 1. The van der Waals surface area contributed by atoms with Gasteiger partial charge in [0.05, 0.1) is 9.92 Å². The van der Waals surface area contributed by atoms with Crippen molar-refractivity contribution in [2.45, 2.75) is 18.4 Å². The molecule has 0 atom stereocenters. The highest BCUT2D eigenvalue weighted by atomic mass is 35.5. The maximum absolute atomic E-state index is 12.5. The average molecular weight is 326 g/mol. The van der Waals surface area contributed by atoms with Crippen molar-refractivity contribution in [2.24, 2.45) is 0 Å². The third-order valence-corrected chi connectivity index (χ3v) is 4.83. The summed E-state index contributed by atoms with van der Waals surface area (Å²) in [4.78, 5) is 4.16. The Balaban J connectivity index is 2.41. The first-order valence-corrected chi connectivity index (χ1v) is 8.18. The molecule has 2 rings (SSSR count). The molecular formula is C14H16ClN3O2S. The summed E-state index contributed by atoms with van der Waals surface area (Å²) in [6.07, 6.45) is 1.48. The van der Waals surface area contributed by atoms with Gasteiger partial charge in [0.1, 0.15) is 0 Å². The SMILES string of the molecule is CNCc1cccc(S(=O)(=O)Nc2ncccc2Cl)c1C. The van der Waals surface area contributed by atoms with Crippen molar-refractivity contribution in [1.82, 2.24) is 10.3 Å². The van der Waals surface area contributed by atoms with Gasteiger partial charge in [-0.3, -0.25) is 4.72 Å². The summed E-state index contributed by atoms with van der Waals surface area (Å²) in [6, 6.07) is 8.39. The molecule has 0 radical (unpaired) electrons. The third kappa shape index (κ3) is 3.53. The molecule has 1 aromatic carbocycles. The molecule has 5 nitrogen and oxygen atoms in total. The quantitative estimate of drug-likeness (QED) is 0.886. The molecule has 0 aliphatic rings. The van der Waals surface area contributed by atoms with Crippen LogP contribution in [0.25, 0.3) is 0 Å². The van der Waals surface area contributed by atoms with Gasteiger partial charge in [-0.25, -0.2) is 13.4 Å². The van der Waals surface area contributed by atoms with Gasteiger partial charge in [-0.15, -0.1) is 0 Å². The van der Waals surface area contributed by atoms with Gasteiger partial charge < -0.3 is 5.32 Å². The zero-order valence-corrected chi connectivity index (χ0v) is 13.3. The minimum absolute atomic E-state index is 0.123. The lowest BCUT2D eigenvalue weighted by Crippen LogP contribution is -2.17. The molecule has 21 heavy (non-hydrogen) atoms. The number of rotatable bonds is 5. The second-order valence-electron chi connectivity index (χ2n) is 4.51. The van der Waals surface area contributed by atoms with Crippen LogP contribution in [0.1, 0.15) is 11.1 Å². The summed E-state index contributed by atoms with van der Waals surface area (Å²) in [5.74, 6) is 0.123. The molecule has 0 fully saturated rings. The Labute approximate surface area is 129 Å². The van der Waals surface area contributed by atoms with Crippen molar-refractivity contribution in [1.29, 1.82) is 0 Å². The topological polar surface area (TPSA) is 71.1 Å². The van der Waals surface area contributed by atoms with Crippen LogP contribution in [0.4, 0.5) is 5.82 Å². The Morgan fingerprint density at radius 2 is 2.00 bits per heavy atom. The van der Waals surface area contributed by atoms with Gasteiger partial charge in [0.2, 0.25) is 0 Å². The molecular weight excluding hydrogens is 310 g/mol. The van der Waals surface area contributed by atoms with Gasteiger partial charge in [-0.1, -0.05) is 23.7 Å². The number of halogens is 1. The van der Waals surface area contributed by atoms with Crippen LogP contribution in [0.3, 0.4) is 0 Å². The predicted octanol–water partition coefficient (Wildman–Crippen LogP) is 2.56. The Morgan fingerprint density at radius 1 is 1.24 bits per heavy atom. The van der Waals surface area contributed by atoms with Crippen molar-refractivity contribution >= 4 is 27.4 Å². The molecule has 2 aromatic rings. The van der Waals surface area contributed by atoms with Crippen molar-refractivity contribution in [3.8, 4) is 0 Å². The molecule has 0 bridgehead atoms. The van der Waals surface area contributed by atoms with Gasteiger partial charge in [0.15, 0.2) is 5.82 Å². The van der Waals surface area contributed by atoms with Crippen molar-refractivity contribution in [3.63, 3.8) is 0 Å². The Kier molecular flexibility index (Phi) is 4.82. The first-order valence-electron chi connectivity index (χ1n) is 6.32. The van der Waals surface area contributed by atoms with Crippen LogP contribution in [-0.4, -0.2) is 20.4 Å². The van der Waals surface area contributed by atoms with Crippen LogP contribution < -0.4 is 10.0 Å². The van der Waals surface area contributed by atoms with Gasteiger partial charge in [0.25, 0.3) is 10.0 Å². The fraction of sp³-hybridized carbons (Fsp3) is 0.214. The Hall–Kier alpha value is -1.63. The highest BCUT2D eigenvalue weighted by Gasteiger charge is 2.19. The van der Waals surface area contributed by atoms with E-state index in [1.807, 2.05) is 13.1 Å². The lowest BCUT2D eigenvalue weighted by molar-refractivity contribution is 0.600. The van der Waals surface area contributed by atoms with Crippen LogP contribution in [-0.2, 0) is 16.6 Å². The first kappa shape index (κ1) is 15.8. The first-order chi connectivity index (χ1) is 9.95. The fourth-order valence-corrected chi connectivity index (χ4v) is 3.52. The van der Waals surface area contributed by atoms with E-state index in [0.717, 1.165) is 5.56 Å². The second-order valence-corrected chi connectivity index (χ2v) is 6.57. The van der Waals surface area contributed by atoms with Crippen LogP contribution in [0, 0.1) is 6.92 Å². The van der Waals surface area contributed by atoms with E-state index >= 15 is 0 Å². The lowest BCUT2D eigenvalue weighted by Gasteiger charge is -2.13. The third-order valence-electron chi connectivity index (χ3n) is 3.04. The molecule has 7 heteroatoms. The summed E-state index contributed by atoms with van der Waals surface area (Å²) in [5, 5.41) is 3.27. The lowest BCUT2D eigenvalue weighted by atomic mass is 10.1. The Bertz CT molecular complexity index is 748. The molecule has 1 aromatic heterocycles. The van der Waals surface area contributed by atoms with E-state index in [9.17, 15) is 8.42 Å². The number of nitrogens with one attached hydrogen (secondary N) is 2. The Morgan fingerprint density at radius 3 is 2.67 bits per heavy atom. The summed E-state index contributed by atoms with van der Waals surface area (Å²) < 4.78 is 27.4. The van der Waals surface area contributed by atoms with Crippen LogP contribution >= 0.6 is 11.6 Å². The van der Waals surface area contributed by atoms with Crippen molar-refractivity contribution in [2.75, 3.05) is 11.8 Å². The normalized spacial score (nSPS) is 11.4. The monoisotopic (exact) mass is 325 g/mol. The smallest absolute Gasteiger partial charge is 0.263 e. The van der Waals surface area contributed by atoms with Crippen molar-refractivity contribution < 1.29 is 8.42 Å². The number of sulfonamides is 1. The summed E-state index contributed by atoms with van der Waals surface area (Å²) in [5.41, 5.74) is 1.62. The largest absolute Gasteiger partial charge is 0.316 e. The highest BCUT2D eigenvalue weighted by molar-refractivity contribution is 7.92. The maximum atomic E-state index is 12.5. The van der Waals surface area contributed by atoms with Crippen LogP contribution in [0.2, 0.25) is 5.02 Å². The summed E-state index contributed by atoms with van der Waals surface area (Å²) in [6.45, 7) is 2.38. The molecule has 0 aliphatic carbocycles. The van der Waals surface area contributed by atoms with Gasteiger partial charge in [-0.2, -0.15) is 0 Å². The van der Waals surface area contributed by atoms with E-state index in [0.29, 0.717) is 12.1 Å². The molecule has 0 saturated carbocycles. The molecule has 0 amide bonds. The molecule has 0 spiro atoms. The van der Waals surface area contributed by atoms with Crippen LogP contribution in [0.5, 0.6) is 0 Å². The molecule has 1 heterocycles. The van der Waals surface area contributed by atoms with E-state index in [-0.39, 0.29) is 15.7 Å². The van der Waals surface area contributed by atoms with Crippen LogP contribution in [0.15, 0.2) is 41.4 Å². The standard InChI is InChI=1S/C14H16ClN3O2S/c1-10-11(9-16-2)5-3-7-13(10)21(19,20)18-14-12(15)6-4-8-17-14/h3-8,16H,9H2,1-2H3,(H,17,18). The molecule has 0 unspecified atom stereocenters. The number of nitrogens with zero attached hydrogens (tertiary/aromatic N) is 1. The van der Waals surface area contributed by atoms with Gasteiger partial charge in [0, 0.05) is 12.7 Å². The average Bonchev–Trinajstić information content (AvgIpc) is 2.43. The van der Waals surface area contributed by atoms with E-state index in [1.165, 1.54) is 6.20 Å². The number of pyridine rings is 1. The van der Waals surface area contributed by atoms with E-state index in [2.05, 4.69) is 15.0 Å². The fourth-order valence-electron chi connectivity index (χ4n) is 1.98. The van der Waals surface area contributed by atoms with E-state index in [4.69, 9.17) is 11.6 Å². The second kappa shape index (κ2) is 6.43. The number of aromatic nitrogens is 1.